The highest BCUT2D eigenvalue weighted by Gasteiger charge is 2.62. The molecule has 0 radical (unpaired) electrons. The average molecular weight is 577 g/mol. The van der Waals surface area contributed by atoms with Crippen LogP contribution in [-0.4, -0.2) is 53.8 Å². The normalized spacial score (nSPS) is 27.2. The number of carbonyl (C=O) groups excluding carboxylic acids is 3. The van der Waals surface area contributed by atoms with E-state index < -0.39 is 28.3 Å². The van der Waals surface area contributed by atoms with Crippen LogP contribution in [0.1, 0.15) is 92.6 Å². The van der Waals surface area contributed by atoms with Gasteiger partial charge in [0.05, 0.1) is 11.2 Å². The SMILES string of the molecule is CCCCNC(=O)C1(NC(C)=O)CC(CCB2OC(C)(C)C(C)(C)O2)CCC1(Cc1ccc(Cl)cc1)OC(C)=O. The molecule has 3 unspecified atom stereocenters. The number of hydrogen-bond acceptors (Lipinski definition) is 6. The number of amides is 2. The lowest BCUT2D eigenvalue weighted by Crippen LogP contribution is -2.75. The van der Waals surface area contributed by atoms with E-state index in [2.05, 4.69) is 10.6 Å². The van der Waals surface area contributed by atoms with Gasteiger partial charge < -0.3 is 24.7 Å². The number of halogens is 1. The predicted octanol–water partition coefficient (Wildman–Crippen LogP) is 5.26. The summed E-state index contributed by atoms with van der Waals surface area (Å²) in [5.74, 6) is -1.12. The minimum Gasteiger partial charge on any atom is -0.456 e. The van der Waals surface area contributed by atoms with Crippen LogP contribution in [0.15, 0.2) is 24.3 Å². The summed E-state index contributed by atoms with van der Waals surface area (Å²) in [5, 5.41) is 6.65. The molecular weight excluding hydrogens is 531 g/mol. The topological polar surface area (TPSA) is 103 Å². The molecule has 1 saturated heterocycles. The van der Waals surface area contributed by atoms with Crippen molar-refractivity contribution in [3.05, 3.63) is 34.9 Å². The minimum absolute atomic E-state index is 0.0664. The first-order valence-corrected chi connectivity index (χ1v) is 14.9. The predicted molar refractivity (Wildman–Crippen MR) is 157 cm³/mol. The molecule has 1 heterocycles. The van der Waals surface area contributed by atoms with Gasteiger partial charge in [-0.15, -0.1) is 0 Å². The Morgan fingerprint density at radius 3 is 2.25 bits per heavy atom. The number of benzene rings is 1. The van der Waals surface area contributed by atoms with Crippen molar-refractivity contribution in [3.63, 3.8) is 0 Å². The largest absolute Gasteiger partial charge is 0.457 e. The third-order valence-corrected chi connectivity index (χ3v) is 9.03. The molecule has 1 aliphatic heterocycles. The lowest BCUT2D eigenvalue weighted by Gasteiger charge is -2.53. The first-order chi connectivity index (χ1) is 18.7. The van der Waals surface area contributed by atoms with Crippen LogP contribution < -0.4 is 10.6 Å². The zero-order valence-corrected chi connectivity index (χ0v) is 25.9. The van der Waals surface area contributed by atoms with E-state index in [1.807, 2.05) is 46.8 Å². The third-order valence-electron chi connectivity index (χ3n) is 8.78. The fourth-order valence-electron chi connectivity index (χ4n) is 6.04. The Labute approximate surface area is 244 Å². The van der Waals surface area contributed by atoms with Crippen molar-refractivity contribution < 1.29 is 28.4 Å². The molecule has 1 aromatic rings. The highest BCUT2D eigenvalue weighted by Crippen LogP contribution is 2.47. The third kappa shape index (κ3) is 7.21. The maximum Gasteiger partial charge on any atom is 0.457 e. The maximum atomic E-state index is 14.2. The Hall–Kier alpha value is -2.10. The molecule has 2 fully saturated rings. The Kier molecular flexibility index (Phi) is 10.4. The van der Waals surface area contributed by atoms with Gasteiger partial charge in [-0.25, -0.2) is 0 Å². The second-order valence-electron chi connectivity index (χ2n) is 12.5. The highest BCUT2D eigenvalue weighted by atomic mass is 35.5. The van der Waals surface area contributed by atoms with Crippen LogP contribution in [-0.2, 0) is 34.9 Å². The molecule has 2 amide bonds. The van der Waals surface area contributed by atoms with Gasteiger partial charge in [-0.1, -0.05) is 43.5 Å². The van der Waals surface area contributed by atoms with E-state index in [0.717, 1.165) is 24.8 Å². The summed E-state index contributed by atoms with van der Waals surface area (Å²) in [6.07, 6.45) is 4.80. The molecule has 222 valence electrons. The number of rotatable bonds is 11. The van der Waals surface area contributed by atoms with Crippen LogP contribution in [0.5, 0.6) is 0 Å². The van der Waals surface area contributed by atoms with Crippen LogP contribution in [0.4, 0.5) is 0 Å². The number of unbranched alkanes of at least 4 members (excludes halogenated alkanes) is 1. The fourth-order valence-corrected chi connectivity index (χ4v) is 6.17. The summed E-state index contributed by atoms with van der Waals surface area (Å²) in [4.78, 5) is 39.5. The monoisotopic (exact) mass is 576 g/mol. The van der Waals surface area contributed by atoms with E-state index in [0.29, 0.717) is 37.2 Å². The molecule has 2 aliphatic rings. The molecule has 0 aromatic heterocycles. The van der Waals surface area contributed by atoms with Crippen LogP contribution in [0.3, 0.4) is 0 Å². The number of ether oxygens (including phenoxy) is 1. The van der Waals surface area contributed by atoms with Crippen molar-refractivity contribution in [2.75, 3.05) is 6.54 Å². The van der Waals surface area contributed by atoms with E-state index in [1.54, 1.807) is 12.1 Å². The lowest BCUT2D eigenvalue weighted by atomic mass is 9.60. The molecule has 3 atom stereocenters. The summed E-state index contributed by atoms with van der Waals surface area (Å²) in [6.45, 7) is 13.4. The van der Waals surface area contributed by atoms with E-state index in [4.69, 9.17) is 25.6 Å². The van der Waals surface area contributed by atoms with E-state index >= 15 is 0 Å². The van der Waals surface area contributed by atoms with Crippen molar-refractivity contribution >= 4 is 36.5 Å². The quantitative estimate of drug-likeness (QED) is 0.212. The van der Waals surface area contributed by atoms with E-state index in [9.17, 15) is 14.4 Å². The van der Waals surface area contributed by atoms with Crippen molar-refractivity contribution in [2.24, 2.45) is 5.92 Å². The second-order valence-corrected chi connectivity index (χ2v) is 12.9. The molecule has 3 rings (SSSR count). The number of esters is 1. The average Bonchev–Trinajstić information content (AvgIpc) is 3.06. The van der Waals surface area contributed by atoms with Gasteiger partial charge in [0.2, 0.25) is 11.8 Å². The molecule has 2 N–H and O–H groups in total. The van der Waals surface area contributed by atoms with Gasteiger partial charge in [-0.2, -0.15) is 0 Å². The summed E-state index contributed by atoms with van der Waals surface area (Å²) >= 11 is 6.14. The summed E-state index contributed by atoms with van der Waals surface area (Å²) in [6, 6.07) is 7.28. The van der Waals surface area contributed by atoms with Crippen molar-refractivity contribution in [1.82, 2.24) is 10.6 Å². The van der Waals surface area contributed by atoms with Crippen LogP contribution in [0.25, 0.3) is 0 Å². The molecule has 1 aromatic carbocycles. The van der Waals surface area contributed by atoms with Crippen LogP contribution in [0.2, 0.25) is 11.3 Å². The summed E-state index contributed by atoms with van der Waals surface area (Å²) in [5.41, 5.74) is -2.73. The standard InChI is InChI=1S/C30H46BClN2O6/c1-8-9-18-33-26(37)30(34-21(2)35)20-24(15-17-31-39-27(4,5)28(6,7)40-31)14-16-29(30,38-22(3)36)19-23-10-12-25(32)13-11-23/h10-13,24H,8-9,14-20H2,1-7H3,(H,33,37)(H,34,35). The van der Waals surface area contributed by atoms with E-state index in [-0.39, 0.29) is 31.3 Å². The molecule has 8 nitrogen and oxygen atoms in total. The van der Waals surface area contributed by atoms with Crippen LogP contribution >= 0.6 is 11.6 Å². The smallest absolute Gasteiger partial charge is 0.456 e. The molecular formula is C30H46BClN2O6. The zero-order valence-electron chi connectivity index (χ0n) is 25.2. The Morgan fingerprint density at radius 2 is 1.70 bits per heavy atom. The molecule has 40 heavy (non-hydrogen) atoms. The Morgan fingerprint density at radius 1 is 1.07 bits per heavy atom. The minimum atomic E-state index is -1.46. The van der Waals surface area contributed by atoms with Gasteiger partial charge in [0.1, 0.15) is 5.60 Å². The van der Waals surface area contributed by atoms with Gasteiger partial charge in [0.25, 0.3) is 0 Å². The first-order valence-electron chi connectivity index (χ1n) is 14.5. The Bertz CT molecular complexity index is 1050. The van der Waals surface area contributed by atoms with Gasteiger partial charge in [-0.05, 0) is 83.3 Å². The van der Waals surface area contributed by atoms with Gasteiger partial charge in [0, 0.05) is 31.8 Å². The Balaban J connectivity index is 1.98. The van der Waals surface area contributed by atoms with Gasteiger partial charge in [0.15, 0.2) is 5.54 Å². The summed E-state index contributed by atoms with van der Waals surface area (Å²) in [7, 11) is -0.354. The van der Waals surface area contributed by atoms with Crippen LogP contribution in [0, 0.1) is 5.92 Å². The molecule has 0 spiro atoms. The lowest BCUT2D eigenvalue weighted by molar-refractivity contribution is -0.183. The molecule has 10 heteroatoms. The first kappa shape index (κ1) is 32.4. The van der Waals surface area contributed by atoms with Crippen molar-refractivity contribution in [1.29, 1.82) is 0 Å². The fraction of sp³-hybridized carbons (Fsp3) is 0.700. The molecule has 0 bridgehead atoms. The number of hydrogen-bond donors (Lipinski definition) is 2. The van der Waals surface area contributed by atoms with Gasteiger partial charge in [-0.3, -0.25) is 14.4 Å². The van der Waals surface area contributed by atoms with Crippen molar-refractivity contribution in [3.8, 4) is 0 Å². The second kappa shape index (κ2) is 12.8. The molecule has 1 aliphatic carbocycles. The number of nitrogens with one attached hydrogen (secondary N) is 2. The van der Waals surface area contributed by atoms with Crippen molar-refractivity contribution in [2.45, 2.75) is 122 Å². The van der Waals surface area contributed by atoms with Gasteiger partial charge >= 0.3 is 13.1 Å². The molecule has 1 saturated carbocycles. The summed E-state index contributed by atoms with van der Waals surface area (Å²) < 4.78 is 18.6. The zero-order chi connectivity index (χ0) is 29.8. The van der Waals surface area contributed by atoms with E-state index in [1.165, 1.54) is 13.8 Å². The number of carbonyl (C=O) groups is 3. The highest BCUT2D eigenvalue weighted by molar-refractivity contribution is 6.45. The maximum absolute atomic E-state index is 14.2.